The van der Waals surface area contributed by atoms with Crippen LogP contribution in [0.2, 0.25) is 0 Å². The van der Waals surface area contributed by atoms with Gasteiger partial charge in [-0.25, -0.2) is 5.43 Å². The molecule has 0 aliphatic heterocycles. The van der Waals surface area contributed by atoms with E-state index in [0.29, 0.717) is 0 Å². The molecule has 1 aromatic rings. The van der Waals surface area contributed by atoms with Gasteiger partial charge in [-0.1, -0.05) is 0 Å². The summed E-state index contributed by atoms with van der Waals surface area (Å²) in [6, 6.07) is 3.77. The molecule has 0 fully saturated rings. The molecule has 17 heavy (non-hydrogen) atoms. The standard InChI is InChI=1S/C12H16N4O/c1-4-16-9(2)7-11(10(16)3)8-14-15-12(17)5-6-13/h7-8H,4-5H2,1-3H3,(H,15,17)/b14-8-. The zero-order valence-electron chi connectivity index (χ0n) is 10.3. The molecule has 0 unspecified atom stereocenters. The van der Waals surface area contributed by atoms with E-state index < -0.39 is 5.91 Å². The number of carbonyl (C=O) groups excluding carboxylic acids is 1. The van der Waals surface area contributed by atoms with E-state index in [9.17, 15) is 4.79 Å². The number of nitrogens with one attached hydrogen (secondary N) is 1. The second kappa shape index (κ2) is 5.85. The SMILES string of the molecule is CCn1c(C)cc(/C=N\NC(=O)CC#N)c1C. The monoisotopic (exact) mass is 232 g/mol. The molecule has 1 aromatic heterocycles. The number of nitriles is 1. The minimum absolute atomic E-state index is 0.175. The number of amides is 1. The number of rotatable bonds is 4. The van der Waals surface area contributed by atoms with E-state index in [-0.39, 0.29) is 6.42 Å². The first kappa shape index (κ1) is 13.0. The van der Waals surface area contributed by atoms with Gasteiger partial charge in [-0.15, -0.1) is 0 Å². The molecule has 0 spiro atoms. The van der Waals surface area contributed by atoms with Crippen molar-refractivity contribution in [2.75, 3.05) is 0 Å². The number of nitrogens with zero attached hydrogens (tertiary/aromatic N) is 3. The first-order valence-electron chi connectivity index (χ1n) is 5.45. The summed E-state index contributed by atoms with van der Waals surface area (Å²) in [6.07, 6.45) is 1.43. The Hall–Kier alpha value is -2.09. The van der Waals surface area contributed by atoms with Crippen molar-refractivity contribution in [2.24, 2.45) is 5.10 Å². The Morgan fingerprint density at radius 2 is 2.35 bits per heavy atom. The van der Waals surface area contributed by atoms with Gasteiger partial charge in [0.05, 0.1) is 12.3 Å². The molecule has 1 N–H and O–H groups in total. The molecule has 0 saturated carbocycles. The number of aromatic nitrogens is 1. The molecular weight excluding hydrogens is 216 g/mol. The van der Waals surface area contributed by atoms with E-state index in [1.54, 1.807) is 12.3 Å². The van der Waals surface area contributed by atoms with Crippen molar-refractivity contribution in [1.82, 2.24) is 9.99 Å². The molecule has 1 heterocycles. The molecule has 0 bridgehead atoms. The van der Waals surface area contributed by atoms with Crippen LogP contribution in [0.5, 0.6) is 0 Å². The van der Waals surface area contributed by atoms with Crippen molar-refractivity contribution in [3.63, 3.8) is 0 Å². The Morgan fingerprint density at radius 1 is 1.65 bits per heavy atom. The fourth-order valence-electron chi connectivity index (χ4n) is 1.73. The summed E-state index contributed by atoms with van der Waals surface area (Å²) in [7, 11) is 0. The number of hydrogen-bond donors (Lipinski definition) is 1. The topological polar surface area (TPSA) is 70.2 Å². The summed E-state index contributed by atoms with van der Waals surface area (Å²) in [5.41, 5.74) is 5.55. The minimum atomic E-state index is -0.395. The lowest BCUT2D eigenvalue weighted by molar-refractivity contribution is -0.120. The van der Waals surface area contributed by atoms with E-state index in [2.05, 4.69) is 22.0 Å². The molecule has 90 valence electrons. The summed E-state index contributed by atoms with van der Waals surface area (Å²) in [4.78, 5) is 11.0. The lowest BCUT2D eigenvalue weighted by Gasteiger charge is -2.04. The molecule has 0 atom stereocenters. The van der Waals surface area contributed by atoms with Gasteiger partial charge in [0.15, 0.2) is 0 Å². The predicted octanol–water partition coefficient (Wildman–Crippen LogP) is 1.49. The fourth-order valence-corrected chi connectivity index (χ4v) is 1.73. The highest BCUT2D eigenvalue weighted by Crippen LogP contribution is 2.12. The summed E-state index contributed by atoms with van der Waals surface area (Å²) in [5.74, 6) is -0.395. The Balaban J connectivity index is 2.73. The average molecular weight is 232 g/mol. The molecule has 0 radical (unpaired) electrons. The third kappa shape index (κ3) is 3.18. The van der Waals surface area contributed by atoms with Crippen LogP contribution in [0.25, 0.3) is 0 Å². The third-order valence-electron chi connectivity index (χ3n) is 2.56. The van der Waals surface area contributed by atoms with Crippen molar-refractivity contribution in [1.29, 1.82) is 5.26 Å². The van der Waals surface area contributed by atoms with E-state index in [0.717, 1.165) is 23.5 Å². The highest BCUT2D eigenvalue weighted by Gasteiger charge is 2.05. The minimum Gasteiger partial charge on any atom is -0.349 e. The maximum Gasteiger partial charge on any atom is 0.254 e. The Bertz CT molecular complexity index is 479. The van der Waals surface area contributed by atoms with E-state index in [1.807, 2.05) is 19.9 Å². The van der Waals surface area contributed by atoms with Gasteiger partial charge in [-0.3, -0.25) is 4.79 Å². The van der Waals surface area contributed by atoms with Crippen molar-refractivity contribution >= 4 is 12.1 Å². The second-order valence-corrected chi connectivity index (χ2v) is 3.70. The Labute approximate surface area is 101 Å². The summed E-state index contributed by atoms with van der Waals surface area (Å²) in [5, 5.41) is 12.1. The van der Waals surface area contributed by atoms with Crippen LogP contribution in [0, 0.1) is 25.2 Å². The fraction of sp³-hybridized carbons (Fsp3) is 0.417. The summed E-state index contributed by atoms with van der Waals surface area (Å²) >= 11 is 0. The smallest absolute Gasteiger partial charge is 0.254 e. The Morgan fingerprint density at radius 3 is 2.88 bits per heavy atom. The predicted molar refractivity (Wildman–Crippen MR) is 65.5 cm³/mol. The molecular formula is C12H16N4O. The van der Waals surface area contributed by atoms with Gasteiger partial charge in [0.25, 0.3) is 5.91 Å². The van der Waals surface area contributed by atoms with E-state index in [4.69, 9.17) is 5.26 Å². The molecule has 1 amide bonds. The highest BCUT2D eigenvalue weighted by atomic mass is 16.2. The van der Waals surface area contributed by atoms with Crippen LogP contribution in [0.15, 0.2) is 11.2 Å². The normalized spacial score (nSPS) is 10.5. The third-order valence-corrected chi connectivity index (χ3v) is 2.56. The average Bonchev–Trinajstić information content (AvgIpc) is 2.54. The van der Waals surface area contributed by atoms with Crippen molar-refractivity contribution in [3.8, 4) is 6.07 Å². The van der Waals surface area contributed by atoms with Gasteiger partial charge in [-0.2, -0.15) is 10.4 Å². The van der Waals surface area contributed by atoms with Gasteiger partial charge in [-0.05, 0) is 26.8 Å². The van der Waals surface area contributed by atoms with Gasteiger partial charge in [0.2, 0.25) is 0 Å². The number of hydrogen-bond acceptors (Lipinski definition) is 3. The molecule has 0 saturated heterocycles. The van der Waals surface area contributed by atoms with Crippen molar-refractivity contribution < 1.29 is 4.79 Å². The summed E-state index contributed by atoms with van der Waals surface area (Å²) < 4.78 is 2.17. The molecule has 0 aromatic carbocycles. The van der Waals surface area contributed by atoms with E-state index >= 15 is 0 Å². The molecule has 1 rings (SSSR count). The quantitative estimate of drug-likeness (QED) is 0.631. The second-order valence-electron chi connectivity index (χ2n) is 3.70. The molecule has 5 nitrogen and oxygen atoms in total. The summed E-state index contributed by atoms with van der Waals surface area (Å²) in [6.45, 7) is 7.03. The van der Waals surface area contributed by atoms with Crippen LogP contribution >= 0.6 is 0 Å². The lowest BCUT2D eigenvalue weighted by atomic mass is 10.3. The van der Waals surface area contributed by atoms with Crippen LogP contribution < -0.4 is 5.43 Å². The zero-order valence-corrected chi connectivity index (χ0v) is 10.3. The van der Waals surface area contributed by atoms with Crippen LogP contribution in [0.4, 0.5) is 0 Å². The van der Waals surface area contributed by atoms with Crippen LogP contribution in [-0.4, -0.2) is 16.7 Å². The largest absolute Gasteiger partial charge is 0.349 e. The van der Waals surface area contributed by atoms with Crippen LogP contribution in [0.1, 0.15) is 30.3 Å². The van der Waals surface area contributed by atoms with Crippen LogP contribution in [-0.2, 0) is 11.3 Å². The van der Waals surface area contributed by atoms with Crippen LogP contribution in [0.3, 0.4) is 0 Å². The maximum atomic E-state index is 11.0. The van der Waals surface area contributed by atoms with Gasteiger partial charge < -0.3 is 4.57 Å². The maximum absolute atomic E-state index is 11.0. The first-order valence-corrected chi connectivity index (χ1v) is 5.45. The number of aryl methyl sites for hydroxylation is 1. The Kier molecular flexibility index (Phi) is 4.46. The molecule has 0 aliphatic carbocycles. The highest BCUT2D eigenvalue weighted by molar-refractivity contribution is 5.84. The van der Waals surface area contributed by atoms with Gasteiger partial charge >= 0.3 is 0 Å². The van der Waals surface area contributed by atoms with Gasteiger partial charge in [0, 0.05) is 23.5 Å². The molecule has 5 heteroatoms. The first-order chi connectivity index (χ1) is 8.10. The lowest BCUT2D eigenvalue weighted by Crippen LogP contribution is -2.16. The number of hydrazone groups is 1. The van der Waals surface area contributed by atoms with E-state index in [1.165, 1.54) is 0 Å². The van der Waals surface area contributed by atoms with Gasteiger partial charge in [0.1, 0.15) is 6.42 Å². The number of carbonyl (C=O) groups is 1. The zero-order chi connectivity index (χ0) is 12.8. The molecule has 0 aliphatic rings. The van der Waals surface area contributed by atoms with Crippen molar-refractivity contribution in [3.05, 3.63) is 23.0 Å². The van der Waals surface area contributed by atoms with Crippen molar-refractivity contribution in [2.45, 2.75) is 33.7 Å².